The second-order valence-corrected chi connectivity index (χ2v) is 43.1. The van der Waals surface area contributed by atoms with Crippen molar-refractivity contribution in [3.63, 3.8) is 0 Å². The van der Waals surface area contributed by atoms with Gasteiger partial charge in [0, 0.05) is 131 Å². The lowest BCUT2D eigenvalue weighted by molar-refractivity contribution is 0.111. The Morgan fingerprint density at radius 2 is 0.838 bits per heavy atom. The third-order valence-corrected chi connectivity index (χ3v) is 31.9. The topological polar surface area (TPSA) is 439 Å². The molecule has 1 aliphatic heterocycles. The van der Waals surface area contributed by atoms with Crippen LogP contribution < -0.4 is 37.8 Å². The Balaban J connectivity index is 0.000000111. The highest BCUT2D eigenvalue weighted by molar-refractivity contribution is 9.11. The van der Waals surface area contributed by atoms with E-state index in [1.165, 1.54) is 119 Å². The SMILES string of the molecule is Brc1csc(Br)n1.Brc1csc(C2CC2)n1.N#CC(Nc1ccc2nc[nH]c2c1)c1ccc(-c2csc(C3CC3)n2)cc1.NCC(Nc1ccc2nc[nH]c2c1)c1ccc(-c2csc(C3CC3)n2)cc1.Nc1ccc2nc[nH]c2c1.O=C1NCC(c2ccc(-c3csc(C4CC4)n3)cc2)N1c1ccc2nc[nH]c2c1.O=Cc1ccc(-c2csc(C3CC3)n2)cc1.O=Cc1ccc(B(O)O)cc1.OB(O)C1CC1. The number of carbonyl (C=O) groups is 3. The number of benzene rings is 9. The average molecular weight is 2190 g/mol. The van der Waals surface area contributed by atoms with Gasteiger partial charge in [-0.2, -0.15) is 5.26 Å². The van der Waals surface area contributed by atoms with Crippen molar-refractivity contribution in [1.29, 1.82) is 5.26 Å². The fraction of sp³-hybridized carbons (Fsp3) is 0.223. The van der Waals surface area contributed by atoms with Gasteiger partial charge in [0.2, 0.25) is 0 Å². The van der Waals surface area contributed by atoms with E-state index in [1.54, 1.807) is 93.3 Å². The van der Waals surface area contributed by atoms with Crippen LogP contribution >= 0.6 is 116 Å². The normalized spacial score (nSPS) is 15.2. The van der Waals surface area contributed by atoms with E-state index in [2.05, 4.69) is 201 Å². The Morgan fingerprint density at radius 3 is 1.22 bits per heavy atom. The summed E-state index contributed by atoms with van der Waals surface area (Å²) in [6, 6.07) is 64.0. The predicted octanol–water partition coefficient (Wildman–Crippen LogP) is 23.6. The number of anilines is 4. The number of hydrogen-bond donors (Lipinski definition) is 13. The van der Waals surface area contributed by atoms with Crippen molar-refractivity contribution in [2.24, 2.45) is 5.73 Å². The maximum Gasteiger partial charge on any atom is 0.488 e. The molecule has 0 spiro atoms. The van der Waals surface area contributed by atoms with Gasteiger partial charge in [0.25, 0.3) is 0 Å². The Kier molecular flexibility index (Phi) is 33.1. The molecule has 2 amide bonds. The van der Waals surface area contributed by atoms with E-state index >= 15 is 0 Å². The van der Waals surface area contributed by atoms with Crippen molar-refractivity contribution in [2.75, 3.05) is 34.4 Å². The van der Waals surface area contributed by atoms with Crippen LogP contribution in [0.2, 0.25) is 5.82 Å². The number of halogens is 3. The summed E-state index contributed by atoms with van der Waals surface area (Å²) >= 11 is 20.1. The van der Waals surface area contributed by atoms with Crippen LogP contribution in [0.5, 0.6) is 0 Å². The fourth-order valence-electron chi connectivity index (χ4n) is 15.2. The second-order valence-electron chi connectivity index (χ2n) is 34.9. The first-order valence-corrected chi connectivity index (χ1v) is 53.9. The number of amides is 2. The highest BCUT2D eigenvalue weighted by Gasteiger charge is 2.36. The number of nitrogens with zero attached hydrogens (tertiary/aromatic N) is 12. The Labute approximate surface area is 867 Å². The summed E-state index contributed by atoms with van der Waals surface area (Å²) in [7, 11) is -2.50. The van der Waals surface area contributed by atoms with Crippen LogP contribution in [0.3, 0.4) is 0 Å². The number of nitriles is 1. The van der Waals surface area contributed by atoms with Gasteiger partial charge in [0.15, 0.2) is 3.92 Å². The van der Waals surface area contributed by atoms with Crippen molar-refractivity contribution in [3.05, 3.63) is 318 Å². The molecule has 3 unspecified atom stereocenters. The maximum atomic E-state index is 12.6. The number of aldehydes is 2. The van der Waals surface area contributed by atoms with Gasteiger partial charge < -0.3 is 67.4 Å². The maximum absolute atomic E-state index is 12.6. The zero-order valence-corrected chi connectivity index (χ0v) is 85.9. The first-order valence-electron chi connectivity index (χ1n) is 46.3. The molecule has 28 nitrogen and oxygen atoms in total. The number of imidazole rings is 4. The lowest BCUT2D eigenvalue weighted by Gasteiger charge is -2.23. The molecule has 7 fully saturated rings. The number of rotatable bonds is 22. The Bertz CT molecular complexity index is 7450. The zero-order valence-electron chi connectivity index (χ0n) is 76.3. The predicted molar refractivity (Wildman–Crippen MR) is 582 cm³/mol. The van der Waals surface area contributed by atoms with E-state index in [9.17, 15) is 19.6 Å². The number of nitrogens with two attached hydrogens (primary N) is 2. The minimum absolute atomic E-state index is 0.0469. The monoisotopic (exact) mass is 2190 g/mol. The van der Waals surface area contributed by atoms with E-state index in [1.807, 2.05) is 131 Å². The van der Waals surface area contributed by atoms with Crippen LogP contribution in [-0.4, -0.2) is 136 Å². The standard InChI is InChI=1S/C22H19N5OS.C21H21N5S.C21H17N5S.C13H11NOS.C7H7BO3.C7H7N3.C6H6BrNS.C3H7BO2.C3HBr2NS/c28-22-23-10-20(27(22)16-7-8-17-18(9-16)25-12-24-17)14-3-1-13(2-4-14)19-11-29-21(26-19)15-5-6-15;2*22-10-19(25-16-7-8-17-18(9-16)24-12-23-17)13-1-3-14(4-2-13)20-11-27-21(26-20)15-5-6-15;15-7-9-1-3-10(4-2-9)12-8-16-13(14-12)11-5-6-11;9-5-6-1-3-7(4-2-6)8(10)11;8-5-1-2-6-7(3-5)10-4-9-6;7-5-3-9-6(8-5)4-1-2-4;5-4(6)3-1-2-3;4-2-1-7-3(5)6-2/h1-4,7-9,11-12,15,20H,5-6,10H2,(H,23,28)(H,24,25);1-4,7-9,11-12,15,19,25H,5-6,10,22H2,(H,23,24);1-4,7-9,11-12,15,19,25H,5-6H2,(H,23,24);1-4,7-8,11H,5-6H2;1-5,10-11H;1-4H,8H2,(H,9,10);3-4H,1-2H2;3,5-6H,1-2H2;1H. The smallest absolute Gasteiger partial charge is 0.427 e. The van der Waals surface area contributed by atoms with Gasteiger partial charge in [0.1, 0.15) is 27.8 Å². The molecule has 19 aromatic rings. The quantitative estimate of drug-likeness (QED) is 0.0170. The number of nitrogens with one attached hydrogen (secondary N) is 7. The van der Waals surface area contributed by atoms with Crippen molar-refractivity contribution < 1.29 is 34.5 Å². The van der Waals surface area contributed by atoms with Crippen LogP contribution in [0.25, 0.3) is 89.2 Å². The number of aromatic amines is 4. The van der Waals surface area contributed by atoms with Crippen molar-refractivity contribution in [3.8, 4) is 51.1 Å². The lowest BCUT2D eigenvalue weighted by atomic mass is 9.80. The molecule has 718 valence electrons. The van der Waals surface area contributed by atoms with Crippen molar-refractivity contribution in [2.45, 2.75) is 131 Å². The second kappa shape index (κ2) is 47.1. The molecule has 3 atom stereocenters. The molecule has 10 aromatic heterocycles. The van der Waals surface area contributed by atoms with E-state index in [4.69, 9.17) is 46.5 Å². The number of fused-ring (bicyclic) bond motifs is 4. The summed E-state index contributed by atoms with van der Waals surface area (Å²) in [5, 5.41) is 72.1. The van der Waals surface area contributed by atoms with E-state index in [-0.39, 0.29) is 23.9 Å². The Morgan fingerprint density at radius 1 is 0.451 bits per heavy atom. The summed E-state index contributed by atoms with van der Waals surface area (Å²) in [4.78, 5) is 91.5. The number of hydrogen-bond acceptors (Lipinski definition) is 28. The van der Waals surface area contributed by atoms with Crippen LogP contribution in [0, 0.1) is 11.3 Å². The molecule has 0 bridgehead atoms. The molecule has 39 heteroatoms. The molecule has 142 heavy (non-hydrogen) atoms. The average Bonchev–Trinajstić information content (AvgIpc) is 1.60. The Hall–Kier alpha value is -12.5. The molecule has 6 aliphatic carbocycles. The van der Waals surface area contributed by atoms with E-state index in [0.717, 1.165) is 161 Å². The van der Waals surface area contributed by atoms with E-state index < -0.39 is 20.3 Å². The zero-order chi connectivity index (χ0) is 98.1. The molecule has 26 rings (SSSR count). The van der Waals surface area contributed by atoms with E-state index in [0.29, 0.717) is 59.6 Å². The fourth-order valence-corrected chi connectivity index (χ4v) is 22.4. The number of H-pyrrole nitrogens is 4. The van der Waals surface area contributed by atoms with Gasteiger partial charge in [-0.3, -0.25) is 14.5 Å². The first-order chi connectivity index (χ1) is 69.3. The molecule has 0 radical (unpaired) electrons. The van der Waals surface area contributed by atoms with Gasteiger partial charge in [-0.05, 0) is 213 Å². The summed E-state index contributed by atoms with van der Waals surface area (Å²) in [6.07, 6.45) is 23.2. The summed E-state index contributed by atoms with van der Waals surface area (Å²) < 4.78 is 2.80. The minimum atomic E-state index is -1.46. The lowest BCUT2D eigenvalue weighted by Crippen LogP contribution is -2.29. The third-order valence-electron chi connectivity index (χ3n) is 24.1. The number of nitrogen functional groups attached to an aromatic ring is 1. The highest BCUT2D eigenvalue weighted by atomic mass is 79.9. The number of aromatic nitrogens is 14. The van der Waals surface area contributed by atoms with Gasteiger partial charge in [-0.1, -0.05) is 134 Å². The molecular weight excluding hydrogens is 2100 g/mol. The molecular formula is C103H96B2Br3N21O7S6. The summed E-state index contributed by atoms with van der Waals surface area (Å²) in [5.41, 5.74) is 36.2. The molecule has 7 aliphatic rings. The molecule has 9 aromatic carbocycles. The molecule has 15 N–H and O–H groups in total. The third kappa shape index (κ3) is 27.1. The molecule has 1 saturated heterocycles. The van der Waals surface area contributed by atoms with Crippen LogP contribution in [-0.2, 0) is 0 Å². The van der Waals surface area contributed by atoms with Crippen LogP contribution in [0.4, 0.5) is 27.5 Å². The molecule has 11 heterocycles. The minimum Gasteiger partial charge on any atom is -0.427 e. The largest absolute Gasteiger partial charge is 0.488 e. The summed E-state index contributed by atoms with van der Waals surface area (Å²) in [6.45, 7) is 1.10. The van der Waals surface area contributed by atoms with Crippen LogP contribution in [0.15, 0.2) is 265 Å². The van der Waals surface area contributed by atoms with Gasteiger partial charge in [-0.25, -0.2) is 54.6 Å². The highest BCUT2D eigenvalue weighted by Crippen LogP contribution is 2.48. The van der Waals surface area contributed by atoms with Gasteiger partial charge in [-0.15, -0.1) is 68.0 Å². The first kappa shape index (κ1) is 99.6. The number of urea groups is 1. The summed E-state index contributed by atoms with van der Waals surface area (Å²) in [5.74, 6) is 3.81. The van der Waals surface area contributed by atoms with Gasteiger partial charge in [0.05, 0.1) is 135 Å². The van der Waals surface area contributed by atoms with Crippen LogP contribution in [0.1, 0.15) is 187 Å². The van der Waals surface area contributed by atoms with Gasteiger partial charge >= 0.3 is 20.3 Å². The molecule has 6 saturated carbocycles. The van der Waals surface area contributed by atoms with Crippen molar-refractivity contribution >= 4 is 221 Å². The van der Waals surface area contributed by atoms with Crippen molar-refractivity contribution in [1.82, 2.24) is 75.1 Å². The number of thiazole rings is 6. The number of carbonyl (C=O) groups excluding carboxylic acids is 3.